The average molecular weight is 263 g/mol. The number of carbonyl (C=O) groups is 1. The van der Waals surface area contributed by atoms with E-state index in [0.717, 1.165) is 0 Å². The zero-order chi connectivity index (χ0) is 13.4. The molecule has 0 aliphatic heterocycles. The molecule has 1 fully saturated rings. The molecule has 2 unspecified atom stereocenters. The molecule has 2 rings (SSSR count). The molecule has 0 spiro atoms. The van der Waals surface area contributed by atoms with Crippen molar-refractivity contribution in [2.45, 2.75) is 18.9 Å². The molecule has 1 aromatic rings. The number of nitrogens with one attached hydrogen (secondary N) is 1. The van der Waals surface area contributed by atoms with Crippen LogP contribution in [0.3, 0.4) is 0 Å². The van der Waals surface area contributed by atoms with Crippen LogP contribution in [0.25, 0.3) is 0 Å². The second kappa shape index (κ2) is 4.47. The van der Waals surface area contributed by atoms with E-state index >= 15 is 0 Å². The predicted octanol–water partition coefficient (Wildman–Crippen LogP) is 2.52. The van der Waals surface area contributed by atoms with E-state index in [4.69, 9.17) is 5.11 Å². The highest BCUT2D eigenvalue weighted by Crippen LogP contribution is 2.33. The van der Waals surface area contributed by atoms with E-state index in [1.165, 1.54) is 0 Å². The van der Waals surface area contributed by atoms with Gasteiger partial charge in [0, 0.05) is 12.1 Å². The summed E-state index contributed by atoms with van der Waals surface area (Å²) < 4.78 is 52.4. The number of hydrogen-bond acceptors (Lipinski definition) is 2. The molecule has 1 saturated carbocycles. The van der Waals surface area contributed by atoms with Crippen LogP contribution in [0.5, 0.6) is 0 Å². The lowest BCUT2D eigenvalue weighted by Crippen LogP contribution is -2.43. The fourth-order valence-corrected chi connectivity index (χ4v) is 1.85. The van der Waals surface area contributed by atoms with Gasteiger partial charge in [0.15, 0.2) is 23.3 Å². The lowest BCUT2D eigenvalue weighted by Gasteiger charge is -2.34. The molecule has 0 saturated heterocycles. The summed E-state index contributed by atoms with van der Waals surface area (Å²) in [6, 6.07) is -0.627. The molecule has 18 heavy (non-hydrogen) atoms. The number of benzene rings is 1. The summed E-state index contributed by atoms with van der Waals surface area (Å²) in [5.41, 5.74) is -0.955. The predicted molar refractivity (Wildman–Crippen MR) is 54.0 cm³/mol. The average Bonchev–Trinajstić information content (AvgIpc) is 2.24. The minimum absolute atomic E-state index is 0.102. The molecule has 1 aliphatic rings. The van der Waals surface area contributed by atoms with E-state index in [0.29, 0.717) is 12.8 Å². The molecule has 2 N–H and O–H groups in total. The maximum atomic E-state index is 13.3. The Balaban J connectivity index is 2.27. The lowest BCUT2D eigenvalue weighted by molar-refractivity contribution is -0.144. The summed E-state index contributed by atoms with van der Waals surface area (Å²) in [7, 11) is 0. The summed E-state index contributed by atoms with van der Waals surface area (Å²) in [6.07, 6.45) is 0.724. The van der Waals surface area contributed by atoms with Crippen molar-refractivity contribution in [3.8, 4) is 0 Å². The first-order valence-corrected chi connectivity index (χ1v) is 5.24. The number of hydrogen-bond donors (Lipinski definition) is 2. The van der Waals surface area contributed by atoms with Crippen molar-refractivity contribution in [3.63, 3.8) is 0 Å². The van der Waals surface area contributed by atoms with Crippen molar-refractivity contribution in [1.29, 1.82) is 0 Å². The van der Waals surface area contributed by atoms with Crippen molar-refractivity contribution >= 4 is 11.7 Å². The zero-order valence-corrected chi connectivity index (χ0v) is 9.01. The molecule has 0 amide bonds. The van der Waals surface area contributed by atoms with Crippen molar-refractivity contribution < 1.29 is 27.5 Å². The van der Waals surface area contributed by atoms with Gasteiger partial charge in [0.05, 0.1) is 5.92 Å². The van der Waals surface area contributed by atoms with Crippen LogP contribution < -0.4 is 5.32 Å². The first kappa shape index (κ1) is 12.7. The standard InChI is InChI=1S/C11H9F4NO2/c12-5-3-6(13)9(15)10(8(5)14)16-7-2-1-4(7)11(17)18/h3-4,7,16H,1-2H2,(H,17,18). The summed E-state index contributed by atoms with van der Waals surface area (Å²) >= 11 is 0. The third-order valence-electron chi connectivity index (χ3n) is 3.03. The smallest absolute Gasteiger partial charge is 0.308 e. The Kier molecular flexibility index (Phi) is 3.14. The van der Waals surface area contributed by atoms with E-state index < -0.39 is 46.9 Å². The lowest BCUT2D eigenvalue weighted by atomic mass is 9.79. The molecular weight excluding hydrogens is 254 g/mol. The van der Waals surface area contributed by atoms with Crippen LogP contribution in [0, 0.1) is 29.2 Å². The zero-order valence-electron chi connectivity index (χ0n) is 9.01. The highest BCUT2D eigenvalue weighted by molar-refractivity contribution is 5.73. The third kappa shape index (κ3) is 2.00. The van der Waals surface area contributed by atoms with E-state index in [9.17, 15) is 22.4 Å². The molecule has 0 radical (unpaired) electrons. The third-order valence-corrected chi connectivity index (χ3v) is 3.03. The highest BCUT2D eigenvalue weighted by Gasteiger charge is 2.37. The Labute approximate surface area is 99.4 Å². The Morgan fingerprint density at radius 1 is 1.17 bits per heavy atom. The number of anilines is 1. The van der Waals surface area contributed by atoms with Crippen LogP contribution in [0.15, 0.2) is 6.07 Å². The highest BCUT2D eigenvalue weighted by atomic mass is 19.2. The fraction of sp³-hybridized carbons (Fsp3) is 0.364. The van der Waals surface area contributed by atoms with Gasteiger partial charge in [-0.25, -0.2) is 17.6 Å². The minimum Gasteiger partial charge on any atom is -0.481 e. The number of halogens is 4. The maximum absolute atomic E-state index is 13.3. The van der Waals surface area contributed by atoms with E-state index in [-0.39, 0.29) is 6.07 Å². The van der Waals surface area contributed by atoms with Gasteiger partial charge in [0.1, 0.15) is 5.69 Å². The minimum atomic E-state index is -1.55. The van der Waals surface area contributed by atoms with Gasteiger partial charge >= 0.3 is 5.97 Å². The van der Waals surface area contributed by atoms with Crippen molar-refractivity contribution in [2.75, 3.05) is 5.32 Å². The van der Waals surface area contributed by atoms with E-state index in [1.54, 1.807) is 0 Å². The SMILES string of the molecule is O=C(O)C1CCC1Nc1c(F)c(F)cc(F)c1F. The number of carboxylic acids is 1. The van der Waals surface area contributed by atoms with Gasteiger partial charge in [-0.15, -0.1) is 0 Å². The molecule has 98 valence electrons. The molecule has 0 bridgehead atoms. The van der Waals surface area contributed by atoms with Crippen molar-refractivity contribution in [3.05, 3.63) is 29.3 Å². The summed E-state index contributed by atoms with van der Waals surface area (Å²) in [5, 5.41) is 11.0. The van der Waals surface area contributed by atoms with E-state index in [2.05, 4.69) is 5.32 Å². The first-order chi connectivity index (χ1) is 8.41. The van der Waals surface area contributed by atoms with Crippen LogP contribution in [-0.2, 0) is 4.79 Å². The normalized spacial score (nSPS) is 22.4. The van der Waals surface area contributed by atoms with Gasteiger partial charge in [-0.3, -0.25) is 4.79 Å². The van der Waals surface area contributed by atoms with Gasteiger partial charge in [0.2, 0.25) is 0 Å². The summed E-state index contributed by atoms with van der Waals surface area (Å²) in [4.78, 5) is 10.7. The molecule has 3 nitrogen and oxygen atoms in total. The Morgan fingerprint density at radius 2 is 1.72 bits per heavy atom. The Bertz CT molecular complexity index is 480. The van der Waals surface area contributed by atoms with Gasteiger partial charge in [-0.1, -0.05) is 0 Å². The summed E-state index contributed by atoms with van der Waals surface area (Å²) in [6.45, 7) is 0. The van der Waals surface area contributed by atoms with E-state index in [1.807, 2.05) is 0 Å². The van der Waals surface area contributed by atoms with Gasteiger partial charge < -0.3 is 10.4 Å². The molecular formula is C11H9F4NO2. The largest absolute Gasteiger partial charge is 0.481 e. The maximum Gasteiger partial charge on any atom is 0.308 e. The summed E-state index contributed by atoms with van der Waals surface area (Å²) in [5.74, 6) is -8.08. The monoisotopic (exact) mass is 263 g/mol. The number of rotatable bonds is 3. The number of carboxylic acid groups (broad SMARTS) is 1. The van der Waals surface area contributed by atoms with Gasteiger partial charge in [-0.2, -0.15) is 0 Å². The molecule has 1 aliphatic carbocycles. The molecule has 0 aromatic heterocycles. The van der Waals surface area contributed by atoms with Crippen LogP contribution >= 0.6 is 0 Å². The molecule has 7 heteroatoms. The van der Waals surface area contributed by atoms with Crippen LogP contribution in [0.2, 0.25) is 0 Å². The van der Waals surface area contributed by atoms with Crippen molar-refractivity contribution in [2.24, 2.45) is 5.92 Å². The topological polar surface area (TPSA) is 49.3 Å². The van der Waals surface area contributed by atoms with Crippen LogP contribution in [-0.4, -0.2) is 17.1 Å². The second-order valence-electron chi connectivity index (χ2n) is 4.12. The second-order valence-corrected chi connectivity index (χ2v) is 4.12. The Hall–Kier alpha value is -1.79. The quantitative estimate of drug-likeness (QED) is 0.650. The molecule has 2 atom stereocenters. The fourth-order valence-electron chi connectivity index (χ4n) is 1.85. The molecule has 0 heterocycles. The number of aliphatic carboxylic acids is 1. The van der Waals surface area contributed by atoms with Gasteiger partial charge in [-0.05, 0) is 12.8 Å². The molecule has 1 aromatic carbocycles. The first-order valence-electron chi connectivity index (χ1n) is 5.24. The Morgan fingerprint density at radius 3 is 2.11 bits per heavy atom. The van der Waals surface area contributed by atoms with Crippen LogP contribution in [0.1, 0.15) is 12.8 Å². The van der Waals surface area contributed by atoms with Crippen LogP contribution in [0.4, 0.5) is 23.2 Å². The van der Waals surface area contributed by atoms with Crippen molar-refractivity contribution in [1.82, 2.24) is 0 Å². The van der Waals surface area contributed by atoms with Gasteiger partial charge in [0.25, 0.3) is 0 Å².